The van der Waals surface area contributed by atoms with Gasteiger partial charge in [-0.2, -0.15) is 13.2 Å². The van der Waals surface area contributed by atoms with Gasteiger partial charge in [0.15, 0.2) is 5.96 Å². The molecular formula is C68H107F3N16O20. The molecule has 39 heteroatoms. The zero-order valence-corrected chi connectivity index (χ0v) is 61.7. The van der Waals surface area contributed by atoms with Crippen LogP contribution in [0.15, 0.2) is 65.7 Å². The van der Waals surface area contributed by atoms with E-state index >= 15 is 0 Å². The summed E-state index contributed by atoms with van der Waals surface area (Å²) in [4.78, 5) is 190. The fraction of sp³-hybridized carbons (Fsp3) is 0.603. The van der Waals surface area contributed by atoms with Crippen molar-refractivity contribution in [3.8, 4) is 0 Å². The Morgan fingerprint density at radius 3 is 1.40 bits per heavy atom. The number of nitrogens with one attached hydrogen (secondary N) is 11. The van der Waals surface area contributed by atoms with E-state index < -0.39 is 199 Å². The highest BCUT2D eigenvalue weighted by atomic mass is 19.4. The van der Waals surface area contributed by atoms with Gasteiger partial charge in [0.25, 0.3) is 0 Å². The van der Waals surface area contributed by atoms with Crippen LogP contribution in [0.3, 0.4) is 0 Å². The number of amides is 12. The number of halogens is 3. The number of carbonyl (C=O) groups excluding carboxylic acids is 12. The van der Waals surface area contributed by atoms with E-state index in [2.05, 4.69) is 58.2 Å². The molecule has 0 aliphatic rings. The van der Waals surface area contributed by atoms with Crippen molar-refractivity contribution in [2.75, 3.05) is 19.7 Å². The van der Waals surface area contributed by atoms with E-state index in [1.165, 1.54) is 0 Å². The van der Waals surface area contributed by atoms with Crippen LogP contribution >= 0.6 is 0 Å². The van der Waals surface area contributed by atoms with Gasteiger partial charge in [-0.25, -0.2) is 14.4 Å². The maximum atomic E-state index is 14.9. The van der Waals surface area contributed by atoms with Crippen LogP contribution in [0.2, 0.25) is 0 Å². The van der Waals surface area contributed by atoms with Crippen LogP contribution in [0.1, 0.15) is 138 Å². The van der Waals surface area contributed by atoms with Gasteiger partial charge in [-0.3, -0.25) is 57.7 Å². The number of primary amides is 1. The van der Waals surface area contributed by atoms with Gasteiger partial charge in [0.05, 0.1) is 37.8 Å². The second-order valence-electron chi connectivity index (χ2n) is 26.9. The largest absolute Gasteiger partial charge is 0.490 e. The number of aliphatic carboxylic acids is 2. The number of benzene rings is 2. The summed E-state index contributed by atoms with van der Waals surface area (Å²) in [6, 6.07) is -0.337. The molecule has 0 heterocycles. The number of nitrogens with two attached hydrogens (primary N) is 4. The molecule has 0 aliphatic heterocycles. The lowest BCUT2D eigenvalue weighted by atomic mass is 9.95. The number of rotatable bonds is 44. The minimum Gasteiger partial charge on any atom is -0.480 e. The molecule has 0 fully saturated rings. The van der Waals surface area contributed by atoms with Crippen LogP contribution in [-0.4, -0.2) is 213 Å². The molecular weight excluding hydrogens is 1420 g/mol. The predicted octanol–water partition coefficient (Wildman–Crippen LogP) is -2.32. The van der Waals surface area contributed by atoms with Crippen molar-refractivity contribution >= 4 is 89.0 Å². The average Bonchev–Trinajstić information content (AvgIpc) is 0.826. The van der Waals surface area contributed by atoms with Crippen molar-refractivity contribution in [1.29, 1.82) is 0 Å². The van der Waals surface area contributed by atoms with Gasteiger partial charge in [-0.15, -0.1) is 0 Å². The highest BCUT2D eigenvalue weighted by Crippen LogP contribution is 2.20. The third-order valence-corrected chi connectivity index (χ3v) is 15.9. The van der Waals surface area contributed by atoms with Crippen LogP contribution < -0.4 is 81.4 Å². The summed E-state index contributed by atoms with van der Waals surface area (Å²) < 4.78 is 37.1. The van der Waals surface area contributed by atoms with E-state index in [0.29, 0.717) is 11.1 Å². The molecule has 0 spiro atoms. The Morgan fingerprint density at radius 2 is 0.944 bits per heavy atom. The molecule has 600 valence electrons. The number of hydrogen-bond acceptors (Lipinski definition) is 20. The average molecular weight is 1530 g/mol. The van der Waals surface area contributed by atoms with Crippen molar-refractivity contribution in [3.63, 3.8) is 0 Å². The second kappa shape index (κ2) is 47.3. The van der Waals surface area contributed by atoms with Gasteiger partial charge in [0.2, 0.25) is 65.0 Å². The fourth-order valence-corrected chi connectivity index (χ4v) is 9.96. The maximum Gasteiger partial charge on any atom is 0.490 e. The summed E-state index contributed by atoms with van der Waals surface area (Å²) >= 11 is 0. The lowest BCUT2D eigenvalue weighted by Crippen LogP contribution is -2.64. The highest BCUT2D eigenvalue weighted by Gasteiger charge is 2.42. The van der Waals surface area contributed by atoms with Crippen molar-refractivity contribution in [2.45, 2.75) is 213 Å². The minimum absolute atomic E-state index is 0.0324. The molecule has 2 rings (SSSR count). The number of carbonyl (C=O) groups is 14. The molecule has 0 radical (unpaired) electrons. The Morgan fingerprint density at radius 1 is 0.523 bits per heavy atom. The number of aliphatic hydroxyl groups excluding tert-OH is 3. The molecule has 24 N–H and O–H groups in total. The van der Waals surface area contributed by atoms with Crippen molar-refractivity contribution in [2.24, 2.45) is 57.5 Å². The van der Waals surface area contributed by atoms with Crippen molar-refractivity contribution in [1.82, 2.24) is 58.5 Å². The SMILES string of the molecule is CC[C@H](C)C(NC(=O)[C@@H](CCCN=C(N)N)NC(=O)[C@H](CC(C)C)NC(=O)[C@@H](NC(=O)[C@@H](NC(=O)[C@H](CC(C)C)NC(=O)[C@@H](CC(C)C)NC(=O)OCc1ccccc1)[C@H](N)c1ccccc1)[C@H](O)C(C)C)C(=O)N[C@H](C(=O)NCC(=O)N[C@@H](CC(N)=O)C(=O)N[C@@H](CO)C(=O)O)[C@@H](C)O.O=C(O)C(F)(F)F. The molecule has 36 nitrogen and oxygen atoms in total. The first-order valence-electron chi connectivity index (χ1n) is 34.5. The summed E-state index contributed by atoms with van der Waals surface area (Å²) in [6.45, 7) is 16.0. The number of ether oxygens (including phenoxy) is 1. The standard InChI is InChI=1S/C66H106N16O18.C2HF3O2/c1-12-37(10)50(61(94)80-51(38(11)84)60(93)72-30-48(86)73-45(29-47(67)85)58(91)77-46(31-83)64(97)98)79-55(88)41(24-19-25-71-65(69)70)74-56(89)42(26-33(2)3)76-63(96)53(54(87)36(8)9)82-62(95)52(49(68)40-22-17-14-18-23-40)81-59(92)43(27-34(4)5)75-57(90)44(28-35(6)7)78-66(99)100-32-39-20-15-13-16-21-39;3-2(4,5)1(6)7/h13-18,20-23,33-38,41-46,49-54,83-84,87H,12,19,24-32,68H2,1-11H3,(H2,67,85)(H,72,93)(H,73,86)(H,74,89)(H,75,90)(H,76,96)(H,77,91)(H,78,99)(H,79,88)(H,80,94)(H,81,92)(H,82,95)(H,97,98)(H4,69,70,71);(H,6,7)/t37-,38+,41+,42-,43-,44+,45-,46-,49+,50?,51-,52-,53-,54+;/m0./s1. The lowest BCUT2D eigenvalue weighted by Gasteiger charge is -2.32. The van der Waals surface area contributed by atoms with Gasteiger partial charge < -0.3 is 112 Å². The lowest BCUT2D eigenvalue weighted by molar-refractivity contribution is -0.192. The number of carboxylic acid groups (broad SMARTS) is 2. The molecule has 0 saturated carbocycles. The first-order chi connectivity index (χ1) is 49.8. The number of alkyl carbamates (subject to hydrolysis) is 1. The smallest absolute Gasteiger partial charge is 0.480 e. The van der Waals surface area contributed by atoms with E-state index in [1.807, 2.05) is 19.2 Å². The molecule has 107 heavy (non-hydrogen) atoms. The highest BCUT2D eigenvalue weighted by molar-refractivity contribution is 6.00. The van der Waals surface area contributed by atoms with Gasteiger partial charge >= 0.3 is 24.2 Å². The Labute approximate surface area is 617 Å². The number of hydrogen-bond donors (Lipinski definition) is 20. The summed E-state index contributed by atoms with van der Waals surface area (Å²) in [5, 5.41) is 75.2. The molecule has 0 aliphatic carbocycles. The Kier molecular flexibility index (Phi) is 41.9. The van der Waals surface area contributed by atoms with Crippen LogP contribution in [0, 0.1) is 29.6 Å². The Balaban J connectivity index is 0.00000775. The monoisotopic (exact) mass is 1520 g/mol. The van der Waals surface area contributed by atoms with E-state index in [4.69, 9.17) is 37.6 Å². The molecule has 0 bridgehead atoms. The number of guanidine groups is 1. The van der Waals surface area contributed by atoms with Crippen LogP contribution in [0.25, 0.3) is 0 Å². The number of aliphatic imine (C=N–C) groups is 1. The van der Waals surface area contributed by atoms with Gasteiger partial charge in [-0.1, -0.05) is 136 Å². The molecule has 1 unspecified atom stereocenters. The van der Waals surface area contributed by atoms with Crippen LogP contribution in [0.5, 0.6) is 0 Å². The molecule has 2 aromatic rings. The molecule has 14 atom stereocenters. The van der Waals surface area contributed by atoms with Gasteiger partial charge in [0.1, 0.15) is 67.0 Å². The number of alkyl halides is 3. The molecule has 12 amide bonds. The third kappa shape index (κ3) is 36.0. The first kappa shape index (κ1) is 94.7. The maximum absolute atomic E-state index is 14.9. The van der Waals surface area contributed by atoms with Crippen LogP contribution in [0.4, 0.5) is 18.0 Å². The summed E-state index contributed by atoms with van der Waals surface area (Å²) in [7, 11) is 0. The zero-order valence-electron chi connectivity index (χ0n) is 61.7. The van der Waals surface area contributed by atoms with E-state index in [1.54, 1.807) is 116 Å². The van der Waals surface area contributed by atoms with E-state index in [9.17, 15) is 95.9 Å². The topological polar surface area (TPSA) is 598 Å². The Hall–Kier alpha value is -10.3. The van der Waals surface area contributed by atoms with E-state index in [0.717, 1.165) is 6.92 Å². The quantitative estimate of drug-likeness (QED) is 0.0188. The summed E-state index contributed by atoms with van der Waals surface area (Å²) in [5.41, 5.74) is 24.2. The summed E-state index contributed by atoms with van der Waals surface area (Å²) in [6.07, 6.45) is -10.0. The van der Waals surface area contributed by atoms with E-state index in [-0.39, 0.29) is 75.4 Å². The van der Waals surface area contributed by atoms with Crippen molar-refractivity contribution < 1.29 is 111 Å². The number of carboxylic acids is 2. The number of nitrogens with zero attached hydrogens (tertiary/aromatic N) is 1. The van der Waals surface area contributed by atoms with Crippen molar-refractivity contribution in [3.05, 3.63) is 71.8 Å². The fourth-order valence-electron chi connectivity index (χ4n) is 9.96. The zero-order chi connectivity index (χ0) is 81.7. The number of aliphatic hydroxyl groups is 3. The predicted molar refractivity (Wildman–Crippen MR) is 380 cm³/mol. The summed E-state index contributed by atoms with van der Waals surface area (Å²) in [5.74, 6) is -18.2. The third-order valence-electron chi connectivity index (χ3n) is 15.9. The second-order valence-corrected chi connectivity index (χ2v) is 26.9. The minimum atomic E-state index is -5.08. The first-order valence-corrected chi connectivity index (χ1v) is 34.5. The molecule has 2 aromatic carbocycles. The molecule has 0 saturated heterocycles. The molecule has 0 aromatic heterocycles. The van der Waals surface area contributed by atoms with Crippen LogP contribution in [-0.2, 0) is 73.7 Å². The Bertz CT molecular complexity index is 3300. The van der Waals surface area contributed by atoms with Gasteiger partial charge in [-0.05, 0) is 79.7 Å². The normalized spacial score (nSPS) is 15.2. The van der Waals surface area contributed by atoms with Gasteiger partial charge in [0, 0.05) is 6.54 Å².